The summed E-state index contributed by atoms with van der Waals surface area (Å²) in [7, 11) is 1.58. The smallest absolute Gasteiger partial charge is 0.253 e. The SMILES string of the molecule is COc1ccc(C(=O)N2CCN(C(=O)C[C@@]3(c4ccccc4C)CC(=O)N(C4CC4)C3=O)CC2)cc1. The quantitative estimate of drug-likeness (QED) is 0.582. The minimum Gasteiger partial charge on any atom is -0.497 e. The summed E-state index contributed by atoms with van der Waals surface area (Å²) in [6.07, 6.45) is 1.64. The topological polar surface area (TPSA) is 87.2 Å². The van der Waals surface area contributed by atoms with E-state index in [-0.39, 0.29) is 42.5 Å². The first-order chi connectivity index (χ1) is 17.3. The summed E-state index contributed by atoms with van der Waals surface area (Å²) < 4.78 is 5.16. The number of rotatable bonds is 6. The molecule has 3 fully saturated rings. The van der Waals surface area contributed by atoms with E-state index >= 15 is 0 Å². The van der Waals surface area contributed by atoms with Crippen molar-refractivity contribution < 1.29 is 23.9 Å². The number of ether oxygens (including phenoxy) is 1. The number of carbonyl (C=O) groups is 4. The van der Waals surface area contributed by atoms with Crippen LogP contribution in [0.1, 0.15) is 47.2 Å². The van der Waals surface area contributed by atoms with E-state index in [1.54, 1.807) is 41.2 Å². The van der Waals surface area contributed by atoms with Crippen LogP contribution in [0.4, 0.5) is 0 Å². The second kappa shape index (κ2) is 9.41. The molecular formula is C28H31N3O5. The average Bonchev–Trinajstić information content (AvgIpc) is 3.69. The molecule has 188 valence electrons. The molecular weight excluding hydrogens is 458 g/mol. The molecule has 0 radical (unpaired) electrons. The Morgan fingerprint density at radius 1 is 0.944 bits per heavy atom. The van der Waals surface area contributed by atoms with Gasteiger partial charge in [-0.3, -0.25) is 24.1 Å². The van der Waals surface area contributed by atoms with Crippen LogP contribution in [-0.2, 0) is 19.8 Å². The number of methoxy groups -OCH3 is 1. The maximum Gasteiger partial charge on any atom is 0.253 e. The maximum atomic E-state index is 13.7. The molecule has 1 aliphatic carbocycles. The first-order valence-corrected chi connectivity index (χ1v) is 12.5. The van der Waals surface area contributed by atoms with E-state index < -0.39 is 5.41 Å². The highest BCUT2D eigenvalue weighted by molar-refractivity contribution is 6.11. The summed E-state index contributed by atoms with van der Waals surface area (Å²) in [6.45, 7) is 3.52. The van der Waals surface area contributed by atoms with Gasteiger partial charge in [0, 0.05) is 50.6 Å². The van der Waals surface area contributed by atoms with Gasteiger partial charge in [-0.2, -0.15) is 0 Å². The molecule has 8 heteroatoms. The molecule has 2 heterocycles. The van der Waals surface area contributed by atoms with E-state index in [4.69, 9.17) is 4.74 Å². The first-order valence-electron chi connectivity index (χ1n) is 12.5. The van der Waals surface area contributed by atoms with E-state index in [0.29, 0.717) is 37.5 Å². The zero-order valence-electron chi connectivity index (χ0n) is 20.7. The number of imide groups is 1. The van der Waals surface area contributed by atoms with Gasteiger partial charge >= 0.3 is 0 Å². The van der Waals surface area contributed by atoms with E-state index in [9.17, 15) is 19.2 Å². The average molecular weight is 490 g/mol. The number of piperazine rings is 1. The van der Waals surface area contributed by atoms with Gasteiger partial charge < -0.3 is 14.5 Å². The molecule has 2 aromatic rings. The molecule has 5 rings (SSSR count). The van der Waals surface area contributed by atoms with Crippen molar-refractivity contribution in [3.05, 3.63) is 65.2 Å². The predicted molar refractivity (Wildman–Crippen MR) is 132 cm³/mol. The fourth-order valence-electron chi connectivity index (χ4n) is 5.46. The first kappa shape index (κ1) is 24.0. The van der Waals surface area contributed by atoms with Gasteiger partial charge in [-0.1, -0.05) is 24.3 Å². The lowest BCUT2D eigenvalue weighted by atomic mass is 9.74. The van der Waals surface area contributed by atoms with Crippen molar-refractivity contribution >= 4 is 23.6 Å². The molecule has 8 nitrogen and oxygen atoms in total. The number of benzene rings is 2. The molecule has 3 aliphatic rings. The molecule has 2 saturated heterocycles. The largest absolute Gasteiger partial charge is 0.497 e. The Labute approximate surface area is 210 Å². The van der Waals surface area contributed by atoms with Crippen LogP contribution in [0.3, 0.4) is 0 Å². The van der Waals surface area contributed by atoms with Gasteiger partial charge in [0.15, 0.2) is 0 Å². The number of aryl methyl sites for hydroxylation is 1. The van der Waals surface area contributed by atoms with Crippen LogP contribution in [0, 0.1) is 6.92 Å². The van der Waals surface area contributed by atoms with Gasteiger partial charge in [0.25, 0.3) is 5.91 Å². The lowest BCUT2D eigenvalue weighted by molar-refractivity contribution is -0.143. The Morgan fingerprint density at radius 3 is 2.19 bits per heavy atom. The summed E-state index contributed by atoms with van der Waals surface area (Å²) in [5.74, 6) is 0.00976. The number of amides is 4. The van der Waals surface area contributed by atoms with Crippen molar-refractivity contribution in [2.75, 3.05) is 33.3 Å². The van der Waals surface area contributed by atoms with Crippen molar-refractivity contribution in [1.82, 2.24) is 14.7 Å². The van der Waals surface area contributed by atoms with Crippen molar-refractivity contribution in [2.45, 2.75) is 44.1 Å². The van der Waals surface area contributed by atoms with Crippen molar-refractivity contribution in [3.63, 3.8) is 0 Å². The third kappa shape index (κ3) is 4.25. The van der Waals surface area contributed by atoms with Crippen molar-refractivity contribution in [3.8, 4) is 5.75 Å². The van der Waals surface area contributed by atoms with E-state index in [0.717, 1.165) is 24.0 Å². The van der Waals surface area contributed by atoms with Crippen LogP contribution in [0.2, 0.25) is 0 Å². The lowest BCUT2D eigenvalue weighted by Crippen LogP contribution is -2.52. The monoisotopic (exact) mass is 489 g/mol. The molecule has 2 aliphatic heterocycles. The normalized spacial score (nSPS) is 22.2. The minimum absolute atomic E-state index is 0.0227. The Balaban J connectivity index is 1.30. The summed E-state index contributed by atoms with van der Waals surface area (Å²) in [5.41, 5.74) is 1.06. The third-order valence-corrected chi connectivity index (χ3v) is 7.63. The van der Waals surface area contributed by atoms with Gasteiger partial charge in [0.05, 0.1) is 12.5 Å². The fraction of sp³-hybridized carbons (Fsp3) is 0.429. The molecule has 1 saturated carbocycles. The lowest BCUT2D eigenvalue weighted by Gasteiger charge is -2.37. The van der Waals surface area contributed by atoms with Crippen molar-refractivity contribution in [2.24, 2.45) is 0 Å². The fourth-order valence-corrected chi connectivity index (χ4v) is 5.46. The van der Waals surface area contributed by atoms with Gasteiger partial charge in [-0.05, 0) is 55.2 Å². The van der Waals surface area contributed by atoms with Gasteiger partial charge in [-0.15, -0.1) is 0 Å². The van der Waals surface area contributed by atoms with Crippen LogP contribution in [-0.4, -0.2) is 77.7 Å². The second-order valence-corrected chi connectivity index (χ2v) is 9.95. The number of hydrogen-bond acceptors (Lipinski definition) is 5. The highest BCUT2D eigenvalue weighted by Gasteiger charge is 2.57. The molecule has 0 spiro atoms. The molecule has 36 heavy (non-hydrogen) atoms. The standard InChI is InChI=1S/C28H31N3O5/c1-19-5-3-4-6-23(19)28(18-25(33)31(27(28)35)21-9-10-21)17-24(32)29-13-15-30(16-14-29)26(34)20-7-11-22(36-2)12-8-20/h3-8,11-12,21H,9-10,13-18H2,1-2H3/t28-/m0/s1. The summed E-state index contributed by atoms with van der Waals surface area (Å²) >= 11 is 0. The van der Waals surface area contributed by atoms with Gasteiger partial charge in [0.1, 0.15) is 5.75 Å². The Bertz CT molecular complexity index is 1200. The predicted octanol–water partition coefficient (Wildman–Crippen LogP) is 2.54. The highest BCUT2D eigenvalue weighted by atomic mass is 16.5. The summed E-state index contributed by atoms with van der Waals surface area (Å²) in [5, 5.41) is 0. The minimum atomic E-state index is -1.17. The molecule has 4 amide bonds. The zero-order chi connectivity index (χ0) is 25.4. The van der Waals surface area contributed by atoms with Crippen LogP contribution < -0.4 is 4.74 Å². The third-order valence-electron chi connectivity index (χ3n) is 7.63. The van der Waals surface area contributed by atoms with Crippen LogP contribution in [0.25, 0.3) is 0 Å². The maximum absolute atomic E-state index is 13.7. The van der Waals surface area contributed by atoms with E-state index in [2.05, 4.69) is 0 Å². The van der Waals surface area contributed by atoms with Crippen LogP contribution in [0.5, 0.6) is 5.75 Å². The molecule has 2 aromatic carbocycles. The Hall–Kier alpha value is -3.68. The number of nitrogens with zero attached hydrogens (tertiary/aromatic N) is 3. The molecule has 0 bridgehead atoms. The second-order valence-electron chi connectivity index (χ2n) is 9.95. The number of likely N-dealkylation sites (tertiary alicyclic amines) is 1. The van der Waals surface area contributed by atoms with Crippen LogP contribution >= 0.6 is 0 Å². The highest BCUT2D eigenvalue weighted by Crippen LogP contribution is 2.45. The van der Waals surface area contributed by atoms with Crippen molar-refractivity contribution in [1.29, 1.82) is 0 Å². The molecule has 0 N–H and O–H groups in total. The summed E-state index contributed by atoms with van der Waals surface area (Å²) in [4.78, 5) is 58.0. The number of hydrogen-bond donors (Lipinski definition) is 0. The molecule has 1 atom stereocenters. The van der Waals surface area contributed by atoms with E-state index in [1.165, 1.54) is 4.90 Å². The summed E-state index contributed by atoms with van der Waals surface area (Å²) in [6, 6.07) is 14.5. The van der Waals surface area contributed by atoms with Gasteiger partial charge in [-0.25, -0.2) is 0 Å². The number of carbonyl (C=O) groups excluding carboxylic acids is 4. The Kier molecular flexibility index (Phi) is 6.28. The molecule has 0 aromatic heterocycles. The molecule has 0 unspecified atom stereocenters. The van der Waals surface area contributed by atoms with Crippen LogP contribution in [0.15, 0.2) is 48.5 Å². The van der Waals surface area contributed by atoms with E-state index in [1.807, 2.05) is 31.2 Å². The zero-order valence-corrected chi connectivity index (χ0v) is 20.7. The Morgan fingerprint density at radius 2 is 1.58 bits per heavy atom. The van der Waals surface area contributed by atoms with Gasteiger partial charge in [0.2, 0.25) is 17.7 Å².